The molecule has 0 saturated heterocycles. The number of hydrogen-bond donors (Lipinski definition) is 2. The van der Waals surface area contributed by atoms with Gasteiger partial charge < -0.3 is 14.9 Å². The molecule has 7 nitrogen and oxygen atoms in total. The minimum atomic E-state index is -1.17. The van der Waals surface area contributed by atoms with Crippen LogP contribution in [0.4, 0.5) is 0 Å². The average molecular weight is 289 g/mol. The zero-order valence-electron chi connectivity index (χ0n) is 11.7. The molecule has 110 valence electrons. The van der Waals surface area contributed by atoms with E-state index in [1.54, 1.807) is 0 Å². The smallest absolute Gasteiger partial charge is 0.354 e. The third kappa shape index (κ3) is 3.44. The monoisotopic (exact) mass is 289 g/mol. The molecule has 7 heteroatoms. The van der Waals surface area contributed by atoms with E-state index >= 15 is 0 Å². The lowest BCUT2D eigenvalue weighted by molar-refractivity contribution is 0.0690. The van der Waals surface area contributed by atoms with Crippen LogP contribution < -0.4 is 5.32 Å². The highest BCUT2D eigenvalue weighted by atomic mass is 16.5. The van der Waals surface area contributed by atoms with E-state index in [0.29, 0.717) is 13.0 Å². The van der Waals surface area contributed by atoms with Gasteiger partial charge in [0.15, 0.2) is 0 Å². The van der Waals surface area contributed by atoms with E-state index in [1.807, 2.05) is 13.8 Å². The van der Waals surface area contributed by atoms with Crippen LogP contribution in [0.25, 0.3) is 0 Å². The normalized spacial score (nSPS) is 10.4. The Hall–Kier alpha value is -2.70. The standard InChI is InChI=1S/C14H15N3O4/c1-8-10(9(2)21-17-8)6-7-15-13(18)11-4-3-5-12(16-11)14(19)20/h3-5H,6-7H2,1-2H3,(H,15,18)(H,19,20). The van der Waals surface area contributed by atoms with Gasteiger partial charge in [0.1, 0.15) is 17.1 Å². The van der Waals surface area contributed by atoms with Gasteiger partial charge in [-0.1, -0.05) is 11.2 Å². The number of amides is 1. The highest BCUT2D eigenvalue weighted by molar-refractivity contribution is 5.94. The highest BCUT2D eigenvalue weighted by Gasteiger charge is 2.12. The fourth-order valence-corrected chi connectivity index (χ4v) is 1.93. The number of aromatic nitrogens is 2. The summed E-state index contributed by atoms with van der Waals surface area (Å²) in [5.41, 5.74) is 1.68. The van der Waals surface area contributed by atoms with Gasteiger partial charge in [0.05, 0.1) is 5.69 Å². The topological polar surface area (TPSA) is 105 Å². The van der Waals surface area contributed by atoms with Gasteiger partial charge in [0.25, 0.3) is 5.91 Å². The number of carboxylic acid groups (broad SMARTS) is 1. The van der Waals surface area contributed by atoms with Crippen molar-refractivity contribution in [2.24, 2.45) is 0 Å². The molecule has 2 heterocycles. The highest BCUT2D eigenvalue weighted by Crippen LogP contribution is 2.12. The molecule has 0 bridgehead atoms. The lowest BCUT2D eigenvalue weighted by Gasteiger charge is -2.05. The number of aromatic carboxylic acids is 1. The largest absolute Gasteiger partial charge is 0.477 e. The predicted molar refractivity (Wildman–Crippen MR) is 73.2 cm³/mol. The first-order valence-corrected chi connectivity index (χ1v) is 6.39. The van der Waals surface area contributed by atoms with Crippen LogP contribution in [0.15, 0.2) is 22.7 Å². The van der Waals surface area contributed by atoms with Gasteiger partial charge in [-0.05, 0) is 32.4 Å². The molecular weight excluding hydrogens is 274 g/mol. The van der Waals surface area contributed by atoms with Crippen molar-refractivity contribution in [3.05, 3.63) is 46.6 Å². The Labute approximate surface area is 121 Å². The molecule has 0 atom stereocenters. The van der Waals surface area contributed by atoms with Crippen molar-refractivity contribution in [2.75, 3.05) is 6.54 Å². The first-order valence-electron chi connectivity index (χ1n) is 6.39. The van der Waals surface area contributed by atoms with E-state index in [-0.39, 0.29) is 11.4 Å². The molecule has 2 N–H and O–H groups in total. The zero-order valence-corrected chi connectivity index (χ0v) is 11.7. The molecule has 0 aromatic carbocycles. The van der Waals surface area contributed by atoms with Crippen LogP contribution in [0.2, 0.25) is 0 Å². The summed E-state index contributed by atoms with van der Waals surface area (Å²) in [6.07, 6.45) is 0.589. The van der Waals surface area contributed by atoms with Crippen molar-refractivity contribution in [3.63, 3.8) is 0 Å². The molecular formula is C14H15N3O4. The Balaban J connectivity index is 1.96. The minimum Gasteiger partial charge on any atom is -0.477 e. The first-order chi connectivity index (χ1) is 9.99. The van der Waals surface area contributed by atoms with Crippen LogP contribution in [-0.2, 0) is 6.42 Å². The van der Waals surface area contributed by atoms with E-state index in [1.165, 1.54) is 18.2 Å². The average Bonchev–Trinajstić information content (AvgIpc) is 2.79. The molecule has 0 aliphatic carbocycles. The van der Waals surface area contributed by atoms with Crippen molar-refractivity contribution < 1.29 is 19.2 Å². The van der Waals surface area contributed by atoms with Crippen LogP contribution in [0, 0.1) is 13.8 Å². The number of pyridine rings is 1. The SMILES string of the molecule is Cc1noc(C)c1CCNC(=O)c1cccc(C(=O)O)n1. The fourth-order valence-electron chi connectivity index (χ4n) is 1.93. The zero-order chi connectivity index (χ0) is 15.4. The molecule has 2 rings (SSSR count). The molecule has 0 fully saturated rings. The van der Waals surface area contributed by atoms with Crippen LogP contribution in [0.1, 0.15) is 38.0 Å². The Kier molecular flexibility index (Phi) is 4.32. The van der Waals surface area contributed by atoms with Crippen LogP contribution in [-0.4, -0.2) is 33.7 Å². The molecule has 0 aliphatic heterocycles. The number of carboxylic acids is 1. The Morgan fingerprint density at radius 2 is 2.00 bits per heavy atom. The van der Waals surface area contributed by atoms with Gasteiger partial charge in [-0.3, -0.25) is 4.79 Å². The number of carbonyl (C=O) groups excluding carboxylic acids is 1. The van der Waals surface area contributed by atoms with E-state index in [0.717, 1.165) is 17.0 Å². The van der Waals surface area contributed by atoms with E-state index in [2.05, 4.69) is 15.5 Å². The molecule has 2 aromatic rings. The molecule has 21 heavy (non-hydrogen) atoms. The summed E-state index contributed by atoms with van der Waals surface area (Å²) in [6.45, 7) is 4.04. The molecule has 1 amide bonds. The van der Waals surface area contributed by atoms with E-state index in [9.17, 15) is 9.59 Å². The Morgan fingerprint density at radius 3 is 2.62 bits per heavy atom. The number of nitrogens with zero attached hydrogens (tertiary/aromatic N) is 2. The second-order valence-corrected chi connectivity index (χ2v) is 4.52. The van der Waals surface area contributed by atoms with E-state index in [4.69, 9.17) is 9.63 Å². The molecule has 0 aliphatic rings. The summed E-state index contributed by atoms with van der Waals surface area (Å²) in [5, 5.41) is 15.4. The summed E-state index contributed by atoms with van der Waals surface area (Å²) < 4.78 is 5.04. The maximum absolute atomic E-state index is 11.9. The van der Waals surface area contributed by atoms with Crippen LogP contribution in [0.3, 0.4) is 0 Å². The molecule has 2 aromatic heterocycles. The second-order valence-electron chi connectivity index (χ2n) is 4.52. The summed E-state index contributed by atoms with van der Waals surface area (Å²) in [4.78, 5) is 26.5. The Morgan fingerprint density at radius 1 is 1.29 bits per heavy atom. The summed E-state index contributed by atoms with van der Waals surface area (Å²) in [6, 6.07) is 4.29. The van der Waals surface area contributed by atoms with Gasteiger partial charge in [0, 0.05) is 12.1 Å². The second kappa shape index (κ2) is 6.17. The van der Waals surface area contributed by atoms with Crippen molar-refractivity contribution >= 4 is 11.9 Å². The molecule has 0 radical (unpaired) electrons. The summed E-state index contributed by atoms with van der Waals surface area (Å²) in [7, 11) is 0. The summed E-state index contributed by atoms with van der Waals surface area (Å²) >= 11 is 0. The van der Waals surface area contributed by atoms with Crippen LogP contribution >= 0.6 is 0 Å². The van der Waals surface area contributed by atoms with Gasteiger partial charge in [-0.25, -0.2) is 9.78 Å². The van der Waals surface area contributed by atoms with Gasteiger partial charge in [-0.2, -0.15) is 0 Å². The number of aryl methyl sites for hydroxylation is 2. The van der Waals surface area contributed by atoms with Crippen molar-refractivity contribution in [1.29, 1.82) is 0 Å². The number of nitrogens with one attached hydrogen (secondary N) is 1. The summed E-state index contributed by atoms with van der Waals surface area (Å²) in [5.74, 6) is -0.849. The van der Waals surface area contributed by atoms with Crippen molar-refractivity contribution in [3.8, 4) is 0 Å². The fraction of sp³-hybridized carbons (Fsp3) is 0.286. The maximum Gasteiger partial charge on any atom is 0.354 e. The van der Waals surface area contributed by atoms with Crippen molar-refractivity contribution in [2.45, 2.75) is 20.3 Å². The molecule has 0 unspecified atom stereocenters. The predicted octanol–water partition coefficient (Wildman–Crippen LogP) is 1.36. The van der Waals surface area contributed by atoms with Gasteiger partial charge >= 0.3 is 5.97 Å². The number of rotatable bonds is 5. The number of hydrogen-bond acceptors (Lipinski definition) is 5. The van der Waals surface area contributed by atoms with Gasteiger partial charge in [-0.15, -0.1) is 0 Å². The quantitative estimate of drug-likeness (QED) is 0.861. The third-order valence-corrected chi connectivity index (χ3v) is 3.04. The van der Waals surface area contributed by atoms with E-state index < -0.39 is 11.9 Å². The van der Waals surface area contributed by atoms with Gasteiger partial charge in [0.2, 0.25) is 0 Å². The first kappa shape index (κ1) is 14.7. The molecule has 0 spiro atoms. The van der Waals surface area contributed by atoms with Crippen molar-refractivity contribution in [1.82, 2.24) is 15.5 Å². The lowest BCUT2D eigenvalue weighted by atomic mass is 10.1. The van der Waals surface area contributed by atoms with Crippen LogP contribution in [0.5, 0.6) is 0 Å². The Bertz CT molecular complexity index is 659. The maximum atomic E-state index is 11.9. The minimum absolute atomic E-state index is 0.0775. The lowest BCUT2D eigenvalue weighted by Crippen LogP contribution is -2.27. The third-order valence-electron chi connectivity index (χ3n) is 3.04. The molecule has 0 saturated carbocycles. The number of carbonyl (C=O) groups is 2.